The topological polar surface area (TPSA) is 30.5 Å². The van der Waals surface area contributed by atoms with Crippen LogP contribution < -0.4 is 10.1 Å². The van der Waals surface area contributed by atoms with Gasteiger partial charge in [0, 0.05) is 12.1 Å². The minimum atomic E-state index is 0.0756. The Labute approximate surface area is 116 Å². The Morgan fingerprint density at radius 2 is 2.11 bits per heavy atom. The van der Waals surface area contributed by atoms with E-state index in [2.05, 4.69) is 44.3 Å². The number of hydrogen-bond acceptors (Lipinski definition) is 3. The summed E-state index contributed by atoms with van der Waals surface area (Å²) in [6, 6.07) is 6.55. The molecule has 0 saturated carbocycles. The molecule has 0 atom stereocenters. The summed E-state index contributed by atoms with van der Waals surface area (Å²) in [4.78, 5) is 0. The highest BCUT2D eigenvalue weighted by molar-refractivity contribution is 5.45. The summed E-state index contributed by atoms with van der Waals surface area (Å²) in [5.74, 6) is 1.51. The minimum Gasteiger partial charge on any atom is -0.496 e. The van der Waals surface area contributed by atoms with Gasteiger partial charge in [0.25, 0.3) is 0 Å². The van der Waals surface area contributed by atoms with Crippen LogP contribution in [0.2, 0.25) is 0 Å². The van der Waals surface area contributed by atoms with Crippen molar-refractivity contribution in [3.05, 3.63) is 29.3 Å². The van der Waals surface area contributed by atoms with Gasteiger partial charge in [-0.15, -0.1) is 0 Å². The molecule has 106 valence electrons. The molecule has 1 aromatic carbocycles. The molecule has 0 radical (unpaired) electrons. The quantitative estimate of drug-likeness (QED) is 0.856. The van der Waals surface area contributed by atoms with Crippen LogP contribution in [0, 0.1) is 0 Å². The minimum absolute atomic E-state index is 0.0756. The second kappa shape index (κ2) is 5.93. The van der Waals surface area contributed by atoms with Crippen molar-refractivity contribution in [1.82, 2.24) is 5.32 Å². The number of nitrogens with one attached hydrogen (secondary N) is 1. The van der Waals surface area contributed by atoms with Crippen LogP contribution >= 0.6 is 0 Å². The molecule has 1 aromatic rings. The lowest BCUT2D eigenvalue weighted by Crippen LogP contribution is -2.53. The molecule has 3 heteroatoms. The van der Waals surface area contributed by atoms with Gasteiger partial charge in [-0.2, -0.15) is 0 Å². The van der Waals surface area contributed by atoms with Crippen molar-refractivity contribution in [2.45, 2.75) is 32.1 Å². The number of rotatable bonds is 6. The van der Waals surface area contributed by atoms with Crippen LogP contribution in [0.1, 0.15) is 37.8 Å². The van der Waals surface area contributed by atoms with Crippen molar-refractivity contribution < 1.29 is 9.47 Å². The maximum absolute atomic E-state index is 5.56. The molecule has 2 rings (SSSR count). The maximum Gasteiger partial charge on any atom is 0.122 e. The molecule has 0 spiro atoms. The molecule has 1 aliphatic rings. The molecule has 0 amide bonds. The monoisotopic (exact) mass is 263 g/mol. The summed E-state index contributed by atoms with van der Waals surface area (Å²) in [5, 5.41) is 3.45. The van der Waals surface area contributed by atoms with E-state index in [0.717, 1.165) is 32.1 Å². The number of likely N-dealkylation sites (N-methyl/N-ethyl adjacent to an activating group) is 1. The molecule has 0 aliphatic carbocycles. The van der Waals surface area contributed by atoms with Crippen molar-refractivity contribution in [3.8, 4) is 5.75 Å². The predicted octanol–water partition coefficient (Wildman–Crippen LogP) is 2.70. The van der Waals surface area contributed by atoms with Crippen molar-refractivity contribution in [2.24, 2.45) is 0 Å². The summed E-state index contributed by atoms with van der Waals surface area (Å²) in [7, 11) is 1.74. The van der Waals surface area contributed by atoms with Crippen molar-refractivity contribution in [3.63, 3.8) is 0 Å². The summed E-state index contributed by atoms with van der Waals surface area (Å²) in [6.07, 6.45) is 0. The molecule has 1 N–H and O–H groups in total. The summed E-state index contributed by atoms with van der Waals surface area (Å²) in [5.41, 5.74) is 2.72. The lowest BCUT2D eigenvalue weighted by molar-refractivity contribution is -0.0597. The van der Waals surface area contributed by atoms with Gasteiger partial charge in [-0.05, 0) is 24.1 Å². The van der Waals surface area contributed by atoms with Crippen LogP contribution in [-0.4, -0.2) is 33.4 Å². The van der Waals surface area contributed by atoms with Gasteiger partial charge in [-0.3, -0.25) is 0 Å². The van der Waals surface area contributed by atoms with Crippen molar-refractivity contribution >= 4 is 0 Å². The molecule has 19 heavy (non-hydrogen) atoms. The number of hydrogen-bond donors (Lipinski definition) is 1. The summed E-state index contributed by atoms with van der Waals surface area (Å²) >= 11 is 0. The van der Waals surface area contributed by atoms with E-state index in [1.807, 2.05) is 0 Å². The second-order valence-corrected chi connectivity index (χ2v) is 5.67. The Kier molecular flexibility index (Phi) is 4.48. The first kappa shape index (κ1) is 14.4. The van der Waals surface area contributed by atoms with E-state index in [0.29, 0.717) is 5.92 Å². The van der Waals surface area contributed by atoms with Crippen LogP contribution in [0.4, 0.5) is 0 Å². The highest BCUT2D eigenvalue weighted by atomic mass is 16.5. The first-order valence-electron chi connectivity index (χ1n) is 7.10. The van der Waals surface area contributed by atoms with Gasteiger partial charge < -0.3 is 14.8 Å². The fourth-order valence-corrected chi connectivity index (χ4v) is 2.56. The molecule has 1 heterocycles. The largest absolute Gasteiger partial charge is 0.496 e. The zero-order chi connectivity index (χ0) is 13.9. The second-order valence-electron chi connectivity index (χ2n) is 5.67. The fourth-order valence-electron chi connectivity index (χ4n) is 2.56. The molecule has 3 nitrogen and oxygen atoms in total. The first-order valence-corrected chi connectivity index (χ1v) is 7.10. The SMILES string of the molecule is CCNCC1(c2cc(C(C)C)ccc2OC)COC1. The third kappa shape index (κ3) is 2.77. The molecule has 1 saturated heterocycles. The average molecular weight is 263 g/mol. The fraction of sp³-hybridized carbons (Fsp3) is 0.625. The predicted molar refractivity (Wildman–Crippen MR) is 78.1 cm³/mol. The lowest BCUT2D eigenvalue weighted by Gasteiger charge is -2.43. The molecule has 0 aromatic heterocycles. The Balaban J connectivity index is 2.37. The van der Waals surface area contributed by atoms with E-state index in [1.54, 1.807) is 7.11 Å². The van der Waals surface area contributed by atoms with Gasteiger partial charge in [0.1, 0.15) is 5.75 Å². The Bertz CT molecular complexity index is 425. The third-order valence-corrected chi connectivity index (χ3v) is 3.93. The Hall–Kier alpha value is -1.06. The lowest BCUT2D eigenvalue weighted by atomic mass is 9.76. The number of methoxy groups -OCH3 is 1. The van der Waals surface area contributed by atoms with Gasteiger partial charge in [-0.25, -0.2) is 0 Å². The first-order chi connectivity index (χ1) is 9.13. The molecular weight excluding hydrogens is 238 g/mol. The Morgan fingerprint density at radius 3 is 2.58 bits per heavy atom. The number of ether oxygens (including phenoxy) is 2. The highest BCUT2D eigenvalue weighted by Crippen LogP contribution is 2.39. The molecule has 0 unspecified atom stereocenters. The van der Waals surface area contributed by atoms with E-state index < -0.39 is 0 Å². The normalized spacial score (nSPS) is 17.3. The van der Waals surface area contributed by atoms with E-state index in [-0.39, 0.29) is 5.41 Å². The average Bonchev–Trinajstić information content (AvgIpc) is 2.37. The van der Waals surface area contributed by atoms with Gasteiger partial charge in [0.2, 0.25) is 0 Å². The Morgan fingerprint density at radius 1 is 1.37 bits per heavy atom. The van der Waals surface area contributed by atoms with Crippen LogP contribution in [0.25, 0.3) is 0 Å². The third-order valence-electron chi connectivity index (χ3n) is 3.93. The molecule has 0 bridgehead atoms. The van der Waals surface area contributed by atoms with Crippen LogP contribution in [0.3, 0.4) is 0 Å². The standard InChI is InChI=1S/C16H25NO2/c1-5-17-9-16(10-19-11-16)14-8-13(12(2)3)6-7-15(14)18-4/h6-8,12,17H,5,9-11H2,1-4H3. The van der Waals surface area contributed by atoms with E-state index >= 15 is 0 Å². The number of benzene rings is 1. The molecule has 1 aliphatic heterocycles. The van der Waals surface area contributed by atoms with Crippen molar-refractivity contribution in [1.29, 1.82) is 0 Å². The molecular formula is C16H25NO2. The van der Waals surface area contributed by atoms with E-state index in [1.165, 1.54) is 11.1 Å². The molecule has 1 fully saturated rings. The summed E-state index contributed by atoms with van der Waals surface area (Å²) in [6.45, 7) is 10.1. The van der Waals surface area contributed by atoms with Gasteiger partial charge in [0.15, 0.2) is 0 Å². The van der Waals surface area contributed by atoms with Gasteiger partial charge >= 0.3 is 0 Å². The summed E-state index contributed by atoms with van der Waals surface area (Å²) < 4.78 is 11.1. The van der Waals surface area contributed by atoms with Gasteiger partial charge in [-0.1, -0.05) is 32.9 Å². The zero-order valence-electron chi connectivity index (χ0n) is 12.5. The highest BCUT2D eigenvalue weighted by Gasteiger charge is 2.42. The maximum atomic E-state index is 5.56. The van der Waals surface area contributed by atoms with Crippen molar-refractivity contribution in [2.75, 3.05) is 33.4 Å². The zero-order valence-corrected chi connectivity index (χ0v) is 12.5. The van der Waals surface area contributed by atoms with Crippen LogP contribution in [0.15, 0.2) is 18.2 Å². The van der Waals surface area contributed by atoms with E-state index in [4.69, 9.17) is 9.47 Å². The van der Waals surface area contributed by atoms with Gasteiger partial charge in [0.05, 0.1) is 25.7 Å². The van der Waals surface area contributed by atoms with E-state index in [9.17, 15) is 0 Å². The van der Waals surface area contributed by atoms with Crippen LogP contribution in [0.5, 0.6) is 5.75 Å². The smallest absolute Gasteiger partial charge is 0.122 e. The van der Waals surface area contributed by atoms with Crippen LogP contribution in [-0.2, 0) is 10.2 Å².